The summed E-state index contributed by atoms with van der Waals surface area (Å²) in [7, 11) is 1.80. The summed E-state index contributed by atoms with van der Waals surface area (Å²) in [5.74, 6) is -0.286. The van der Waals surface area contributed by atoms with Crippen molar-refractivity contribution in [1.29, 1.82) is 0 Å². The van der Waals surface area contributed by atoms with Gasteiger partial charge in [0.15, 0.2) is 0 Å². The van der Waals surface area contributed by atoms with Gasteiger partial charge in [0.2, 0.25) is 0 Å². The van der Waals surface area contributed by atoms with Crippen molar-refractivity contribution in [2.75, 3.05) is 13.7 Å². The predicted octanol–water partition coefficient (Wildman–Crippen LogP) is 3.96. The first-order chi connectivity index (χ1) is 9.58. The van der Waals surface area contributed by atoms with Gasteiger partial charge in [-0.1, -0.05) is 24.6 Å². The van der Waals surface area contributed by atoms with Crippen molar-refractivity contribution < 1.29 is 9.13 Å². The standard InChI is InChI=1S/C16H23ClFNO/c1-3-19-14(11-16(20-2)7-4-8-16)9-12-5-6-13(18)10-15(12)17/h5-6,10,14,19H,3-4,7-9,11H2,1-2H3. The van der Waals surface area contributed by atoms with Gasteiger partial charge in [-0.3, -0.25) is 0 Å². The van der Waals surface area contributed by atoms with Gasteiger partial charge in [-0.15, -0.1) is 0 Å². The lowest BCUT2D eigenvalue weighted by Crippen LogP contribution is -2.46. The highest BCUT2D eigenvalue weighted by molar-refractivity contribution is 6.31. The van der Waals surface area contributed by atoms with Gasteiger partial charge in [0, 0.05) is 18.2 Å². The lowest BCUT2D eigenvalue weighted by molar-refractivity contribution is -0.0833. The first kappa shape index (κ1) is 15.7. The van der Waals surface area contributed by atoms with E-state index in [-0.39, 0.29) is 11.4 Å². The highest BCUT2D eigenvalue weighted by Crippen LogP contribution is 2.39. The second-order valence-electron chi connectivity index (χ2n) is 5.64. The Hall–Kier alpha value is -0.640. The smallest absolute Gasteiger partial charge is 0.124 e. The van der Waals surface area contributed by atoms with Crippen LogP contribution in [0.15, 0.2) is 18.2 Å². The van der Waals surface area contributed by atoms with Gasteiger partial charge >= 0.3 is 0 Å². The van der Waals surface area contributed by atoms with Crippen LogP contribution < -0.4 is 5.32 Å². The Morgan fingerprint density at radius 2 is 2.20 bits per heavy atom. The SMILES string of the molecule is CCNC(Cc1ccc(F)cc1Cl)CC1(OC)CCC1. The Labute approximate surface area is 125 Å². The normalized spacial score (nSPS) is 18.6. The number of ether oxygens (including phenoxy) is 1. The lowest BCUT2D eigenvalue weighted by Gasteiger charge is -2.43. The fourth-order valence-electron chi connectivity index (χ4n) is 2.97. The third kappa shape index (κ3) is 3.72. The number of rotatable bonds is 7. The first-order valence-corrected chi connectivity index (χ1v) is 7.69. The molecule has 0 amide bonds. The second kappa shape index (κ2) is 6.88. The molecule has 1 aliphatic rings. The Bertz CT molecular complexity index is 443. The highest BCUT2D eigenvalue weighted by Gasteiger charge is 2.38. The molecule has 0 heterocycles. The van der Waals surface area contributed by atoms with E-state index in [9.17, 15) is 4.39 Å². The molecule has 1 aliphatic carbocycles. The molecule has 0 aromatic heterocycles. The first-order valence-electron chi connectivity index (χ1n) is 7.31. The number of hydrogen-bond acceptors (Lipinski definition) is 2. The molecule has 1 unspecified atom stereocenters. The van der Waals surface area contributed by atoms with Crippen LogP contribution in [0.5, 0.6) is 0 Å². The molecule has 0 aliphatic heterocycles. The molecule has 0 radical (unpaired) electrons. The molecule has 4 heteroatoms. The Morgan fingerprint density at radius 1 is 1.45 bits per heavy atom. The van der Waals surface area contributed by atoms with Crippen LogP contribution in [0, 0.1) is 5.82 Å². The minimum absolute atomic E-state index is 0.0271. The van der Waals surface area contributed by atoms with Gasteiger partial charge in [0.05, 0.1) is 5.60 Å². The van der Waals surface area contributed by atoms with Crippen molar-refractivity contribution in [3.05, 3.63) is 34.6 Å². The third-order valence-corrected chi connectivity index (χ3v) is 4.64. The van der Waals surface area contributed by atoms with Crippen molar-refractivity contribution in [1.82, 2.24) is 5.32 Å². The lowest BCUT2D eigenvalue weighted by atomic mass is 9.75. The number of hydrogen-bond donors (Lipinski definition) is 1. The molecule has 20 heavy (non-hydrogen) atoms. The molecule has 2 nitrogen and oxygen atoms in total. The summed E-state index contributed by atoms with van der Waals surface area (Å²) in [5, 5.41) is 4.01. The average molecular weight is 300 g/mol. The molecule has 0 saturated heterocycles. The summed E-state index contributed by atoms with van der Waals surface area (Å²) in [5.41, 5.74) is 1.02. The van der Waals surface area contributed by atoms with E-state index in [1.807, 2.05) is 0 Å². The maximum Gasteiger partial charge on any atom is 0.124 e. The number of nitrogens with one attached hydrogen (secondary N) is 1. The van der Waals surface area contributed by atoms with E-state index in [0.29, 0.717) is 11.1 Å². The summed E-state index contributed by atoms with van der Waals surface area (Å²) < 4.78 is 18.8. The summed E-state index contributed by atoms with van der Waals surface area (Å²) in [6, 6.07) is 4.94. The van der Waals surface area contributed by atoms with E-state index in [2.05, 4.69) is 12.2 Å². The van der Waals surface area contributed by atoms with Crippen molar-refractivity contribution in [3.8, 4) is 0 Å². The highest BCUT2D eigenvalue weighted by atomic mass is 35.5. The van der Waals surface area contributed by atoms with E-state index in [0.717, 1.165) is 37.8 Å². The Kier molecular flexibility index (Phi) is 5.42. The van der Waals surface area contributed by atoms with Crippen LogP contribution in [0.2, 0.25) is 5.02 Å². The van der Waals surface area contributed by atoms with Crippen LogP contribution in [-0.4, -0.2) is 25.3 Å². The molecule has 1 fully saturated rings. The molecular formula is C16H23ClFNO. The molecule has 1 aromatic carbocycles. The maximum atomic E-state index is 13.1. The molecular weight excluding hydrogens is 277 g/mol. The summed E-state index contributed by atoms with van der Waals surface area (Å²) in [4.78, 5) is 0. The van der Waals surface area contributed by atoms with E-state index in [4.69, 9.17) is 16.3 Å². The van der Waals surface area contributed by atoms with E-state index < -0.39 is 0 Å². The van der Waals surface area contributed by atoms with Crippen LogP contribution in [0.1, 0.15) is 38.2 Å². The predicted molar refractivity (Wildman–Crippen MR) is 80.8 cm³/mol. The number of benzene rings is 1. The summed E-state index contributed by atoms with van der Waals surface area (Å²) in [6.45, 7) is 3.00. The fraction of sp³-hybridized carbons (Fsp3) is 0.625. The summed E-state index contributed by atoms with van der Waals surface area (Å²) >= 11 is 6.13. The minimum Gasteiger partial charge on any atom is -0.378 e. The zero-order chi connectivity index (χ0) is 14.6. The van der Waals surface area contributed by atoms with Crippen molar-refractivity contribution in [2.45, 2.75) is 50.7 Å². The average Bonchev–Trinajstić information content (AvgIpc) is 2.37. The van der Waals surface area contributed by atoms with Gasteiger partial charge in [0.1, 0.15) is 5.82 Å². The van der Waals surface area contributed by atoms with Gasteiger partial charge in [-0.25, -0.2) is 4.39 Å². The number of likely N-dealkylation sites (N-methyl/N-ethyl adjacent to an activating group) is 1. The van der Waals surface area contributed by atoms with Crippen molar-refractivity contribution >= 4 is 11.6 Å². The topological polar surface area (TPSA) is 21.3 Å². The largest absolute Gasteiger partial charge is 0.378 e. The number of halogens is 2. The molecule has 0 bridgehead atoms. The van der Waals surface area contributed by atoms with E-state index in [1.165, 1.54) is 18.6 Å². The summed E-state index contributed by atoms with van der Waals surface area (Å²) in [6.07, 6.45) is 5.28. The van der Waals surface area contributed by atoms with Crippen LogP contribution in [0.3, 0.4) is 0 Å². The van der Waals surface area contributed by atoms with Crippen molar-refractivity contribution in [3.63, 3.8) is 0 Å². The molecule has 1 N–H and O–H groups in total. The number of methoxy groups -OCH3 is 1. The minimum atomic E-state index is -0.286. The maximum absolute atomic E-state index is 13.1. The van der Waals surface area contributed by atoms with E-state index >= 15 is 0 Å². The van der Waals surface area contributed by atoms with Crippen LogP contribution in [0.25, 0.3) is 0 Å². The third-order valence-electron chi connectivity index (χ3n) is 4.29. The molecule has 1 atom stereocenters. The quantitative estimate of drug-likeness (QED) is 0.823. The molecule has 2 rings (SSSR count). The van der Waals surface area contributed by atoms with Gasteiger partial charge in [-0.05, 0) is 56.3 Å². The van der Waals surface area contributed by atoms with Gasteiger partial charge in [0.25, 0.3) is 0 Å². The second-order valence-corrected chi connectivity index (χ2v) is 6.05. The van der Waals surface area contributed by atoms with Crippen LogP contribution >= 0.6 is 11.6 Å². The fourth-order valence-corrected chi connectivity index (χ4v) is 3.21. The molecule has 112 valence electrons. The molecule has 1 aromatic rings. The van der Waals surface area contributed by atoms with Crippen LogP contribution in [0.4, 0.5) is 4.39 Å². The monoisotopic (exact) mass is 299 g/mol. The Morgan fingerprint density at radius 3 is 2.70 bits per heavy atom. The zero-order valence-electron chi connectivity index (χ0n) is 12.2. The van der Waals surface area contributed by atoms with E-state index in [1.54, 1.807) is 13.2 Å². The van der Waals surface area contributed by atoms with Crippen molar-refractivity contribution in [2.24, 2.45) is 0 Å². The molecule has 0 spiro atoms. The Balaban J connectivity index is 2.04. The molecule has 1 saturated carbocycles. The van der Waals surface area contributed by atoms with Gasteiger partial charge < -0.3 is 10.1 Å². The van der Waals surface area contributed by atoms with Gasteiger partial charge in [-0.2, -0.15) is 0 Å². The van der Waals surface area contributed by atoms with Crippen LogP contribution in [-0.2, 0) is 11.2 Å². The zero-order valence-corrected chi connectivity index (χ0v) is 13.0.